The van der Waals surface area contributed by atoms with Crippen LogP contribution in [0.5, 0.6) is 5.75 Å². The monoisotopic (exact) mass is 360 g/mol. The molecule has 0 amide bonds. The van der Waals surface area contributed by atoms with Crippen molar-refractivity contribution < 1.29 is 14.3 Å². The SMILES string of the molecule is CCOC(=O)C(Cl)Cc1ccc(OC(c2ccccc2)C(C)C)cc1. The fourth-order valence-corrected chi connectivity index (χ4v) is 2.85. The van der Waals surface area contributed by atoms with E-state index in [2.05, 4.69) is 26.0 Å². The molecule has 2 rings (SSSR count). The van der Waals surface area contributed by atoms with Crippen molar-refractivity contribution in [3.05, 3.63) is 65.7 Å². The molecule has 2 atom stereocenters. The van der Waals surface area contributed by atoms with Crippen LogP contribution in [0.2, 0.25) is 0 Å². The Morgan fingerprint density at radius 1 is 1.04 bits per heavy atom. The van der Waals surface area contributed by atoms with E-state index in [0.717, 1.165) is 16.9 Å². The Balaban J connectivity index is 2.02. The van der Waals surface area contributed by atoms with Gasteiger partial charge in [0, 0.05) is 0 Å². The van der Waals surface area contributed by atoms with Crippen molar-refractivity contribution in [1.29, 1.82) is 0 Å². The lowest BCUT2D eigenvalue weighted by atomic mass is 9.99. The first-order valence-electron chi connectivity index (χ1n) is 8.62. The number of hydrogen-bond acceptors (Lipinski definition) is 3. The Kier molecular flexibility index (Phi) is 7.32. The Bertz CT molecular complexity index is 653. The van der Waals surface area contributed by atoms with Crippen LogP contribution in [0.15, 0.2) is 54.6 Å². The minimum atomic E-state index is -0.667. The van der Waals surface area contributed by atoms with E-state index >= 15 is 0 Å². The molecule has 0 fully saturated rings. The van der Waals surface area contributed by atoms with Crippen LogP contribution in [0.4, 0.5) is 0 Å². The lowest BCUT2D eigenvalue weighted by Crippen LogP contribution is -2.20. The van der Waals surface area contributed by atoms with Gasteiger partial charge in [-0.2, -0.15) is 0 Å². The number of rotatable bonds is 8. The molecule has 2 aromatic carbocycles. The van der Waals surface area contributed by atoms with Crippen molar-refractivity contribution in [2.45, 2.75) is 38.7 Å². The molecule has 0 saturated heterocycles. The van der Waals surface area contributed by atoms with E-state index in [1.54, 1.807) is 6.92 Å². The van der Waals surface area contributed by atoms with Crippen LogP contribution in [0.25, 0.3) is 0 Å². The average Bonchev–Trinajstić information content (AvgIpc) is 2.61. The van der Waals surface area contributed by atoms with Crippen LogP contribution < -0.4 is 4.74 Å². The van der Waals surface area contributed by atoms with Crippen molar-refractivity contribution in [1.82, 2.24) is 0 Å². The molecule has 0 aliphatic rings. The van der Waals surface area contributed by atoms with E-state index < -0.39 is 5.38 Å². The van der Waals surface area contributed by atoms with Gasteiger partial charge in [-0.1, -0.05) is 56.3 Å². The zero-order valence-electron chi connectivity index (χ0n) is 14.9. The summed E-state index contributed by atoms with van der Waals surface area (Å²) >= 11 is 6.08. The van der Waals surface area contributed by atoms with E-state index in [-0.39, 0.29) is 12.1 Å². The number of halogens is 1. The molecule has 0 aliphatic carbocycles. The van der Waals surface area contributed by atoms with E-state index in [0.29, 0.717) is 18.9 Å². The largest absolute Gasteiger partial charge is 0.485 e. The predicted octanol–water partition coefficient (Wildman–Crippen LogP) is 5.18. The zero-order chi connectivity index (χ0) is 18.2. The smallest absolute Gasteiger partial charge is 0.324 e. The van der Waals surface area contributed by atoms with Gasteiger partial charge in [-0.05, 0) is 42.5 Å². The summed E-state index contributed by atoms with van der Waals surface area (Å²) in [7, 11) is 0. The second kappa shape index (κ2) is 9.47. The molecule has 3 nitrogen and oxygen atoms in total. The molecule has 4 heteroatoms. The first-order chi connectivity index (χ1) is 12.0. The Morgan fingerprint density at radius 3 is 2.24 bits per heavy atom. The molecule has 2 unspecified atom stereocenters. The molecule has 0 aliphatic heterocycles. The summed E-state index contributed by atoms with van der Waals surface area (Å²) in [6.45, 7) is 6.39. The lowest BCUT2D eigenvalue weighted by molar-refractivity contribution is -0.142. The summed E-state index contributed by atoms with van der Waals surface area (Å²) in [6.07, 6.45) is 0.430. The second-order valence-corrected chi connectivity index (χ2v) is 6.79. The van der Waals surface area contributed by atoms with Crippen LogP contribution in [-0.4, -0.2) is 18.0 Å². The highest BCUT2D eigenvalue weighted by Gasteiger charge is 2.19. The van der Waals surface area contributed by atoms with Gasteiger partial charge in [-0.25, -0.2) is 0 Å². The molecule has 0 heterocycles. The fraction of sp³-hybridized carbons (Fsp3) is 0.381. The Hall–Kier alpha value is -2.00. The number of benzene rings is 2. The van der Waals surface area contributed by atoms with Crippen LogP contribution in [0.3, 0.4) is 0 Å². The average molecular weight is 361 g/mol. The van der Waals surface area contributed by atoms with Crippen LogP contribution in [0, 0.1) is 5.92 Å². The van der Waals surface area contributed by atoms with Crippen molar-refractivity contribution in [3.63, 3.8) is 0 Å². The predicted molar refractivity (Wildman–Crippen MR) is 101 cm³/mol. The Labute approximate surface area is 154 Å². The maximum absolute atomic E-state index is 11.6. The summed E-state index contributed by atoms with van der Waals surface area (Å²) in [4.78, 5) is 11.6. The van der Waals surface area contributed by atoms with Gasteiger partial charge in [0.15, 0.2) is 0 Å². The lowest BCUT2D eigenvalue weighted by Gasteiger charge is -2.23. The normalized spacial score (nSPS) is 13.3. The van der Waals surface area contributed by atoms with Gasteiger partial charge in [0.2, 0.25) is 0 Å². The van der Waals surface area contributed by atoms with Gasteiger partial charge in [0.25, 0.3) is 0 Å². The number of hydrogen-bond donors (Lipinski definition) is 0. The minimum absolute atomic E-state index is 0.00708. The molecule has 2 aromatic rings. The first-order valence-corrected chi connectivity index (χ1v) is 9.06. The quantitative estimate of drug-likeness (QED) is 0.481. The van der Waals surface area contributed by atoms with E-state index in [1.807, 2.05) is 42.5 Å². The summed E-state index contributed by atoms with van der Waals surface area (Å²) in [5, 5.41) is -0.667. The van der Waals surface area contributed by atoms with E-state index in [1.165, 1.54) is 0 Å². The molecule has 0 spiro atoms. The van der Waals surface area contributed by atoms with Gasteiger partial charge in [-0.3, -0.25) is 4.79 Å². The van der Waals surface area contributed by atoms with E-state index in [4.69, 9.17) is 21.1 Å². The number of esters is 1. The summed E-state index contributed by atoms with van der Waals surface area (Å²) in [6, 6.07) is 17.9. The molecule has 0 radical (unpaired) electrons. The van der Waals surface area contributed by atoms with Crippen LogP contribution in [0.1, 0.15) is 38.0 Å². The fourth-order valence-electron chi connectivity index (χ4n) is 2.61. The van der Waals surface area contributed by atoms with Crippen molar-refractivity contribution in [3.8, 4) is 5.75 Å². The van der Waals surface area contributed by atoms with Gasteiger partial charge < -0.3 is 9.47 Å². The third-order valence-electron chi connectivity index (χ3n) is 3.88. The standard InChI is InChI=1S/C21H25ClO3/c1-4-24-21(23)19(22)14-16-10-12-18(13-11-16)25-20(15(2)3)17-8-6-5-7-9-17/h5-13,15,19-20H,4,14H2,1-3H3. The van der Waals surface area contributed by atoms with Crippen LogP contribution in [-0.2, 0) is 16.0 Å². The van der Waals surface area contributed by atoms with Gasteiger partial charge >= 0.3 is 5.97 Å². The van der Waals surface area contributed by atoms with Crippen molar-refractivity contribution in [2.24, 2.45) is 5.92 Å². The Morgan fingerprint density at radius 2 is 1.68 bits per heavy atom. The molecular weight excluding hydrogens is 336 g/mol. The third-order valence-corrected chi connectivity index (χ3v) is 4.21. The maximum atomic E-state index is 11.6. The van der Waals surface area contributed by atoms with Gasteiger partial charge in [0.1, 0.15) is 17.2 Å². The van der Waals surface area contributed by atoms with Crippen molar-refractivity contribution >= 4 is 17.6 Å². The zero-order valence-corrected chi connectivity index (χ0v) is 15.7. The molecule has 134 valence electrons. The number of carbonyl (C=O) groups is 1. The summed E-state index contributed by atoms with van der Waals surface area (Å²) < 4.78 is 11.1. The molecule has 0 saturated carbocycles. The number of alkyl halides is 1. The van der Waals surface area contributed by atoms with E-state index in [9.17, 15) is 4.79 Å². The highest BCUT2D eigenvalue weighted by Crippen LogP contribution is 2.28. The highest BCUT2D eigenvalue weighted by atomic mass is 35.5. The molecule has 0 bridgehead atoms. The number of carbonyl (C=O) groups excluding carboxylic acids is 1. The molecule has 0 aromatic heterocycles. The third kappa shape index (κ3) is 5.79. The van der Waals surface area contributed by atoms with Gasteiger partial charge in [-0.15, -0.1) is 11.6 Å². The molecule has 0 N–H and O–H groups in total. The minimum Gasteiger partial charge on any atom is -0.485 e. The second-order valence-electron chi connectivity index (χ2n) is 6.26. The highest BCUT2D eigenvalue weighted by molar-refractivity contribution is 6.30. The van der Waals surface area contributed by atoms with Crippen molar-refractivity contribution in [2.75, 3.05) is 6.61 Å². The first kappa shape index (κ1) is 19.3. The summed E-state index contributed by atoms with van der Waals surface area (Å²) in [5.41, 5.74) is 2.13. The summed E-state index contributed by atoms with van der Waals surface area (Å²) in [5.74, 6) is 0.764. The maximum Gasteiger partial charge on any atom is 0.324 e. The van der Waals surface area contributed by atoms with Crippen LogP contribution >= 0.6 is 11.6 Å². The molecular formula is C21H25ClO3. The topological polar surface area (TPSA) is 35.5 Å². The van der Waals surface area contributed by atoms with Gasteiger partial charge in [0.05, 0.1) is 6.61 Å². The molecule has 25 heavy (non-hydrogen) atoms. The number of ether oxygens (including phenoxy) is 2.